The number of amides is 1. The minimum absolute atomic E-state index is 0.0965. The number of nitrogens with one attached hydrogen (secondary N) is 1. The molecule has 3 rings (SSSR count). The summed E-state index contributed by atoms with van der Waals surface area (Å²) in [6, 6.07) is 7.76. The molecule has 1 unspecified atom stereocenters. The van der Waals surface area contributed by atoms with E-state index in [1.54, 1.807) is 13.0 Å². The van der Waals surface area contributed by atoms with Gasteiger partial charge in [0.1, 0.15) is 0 Å². The molecule has 0 saturated heterocycles. The highest BCUT2D eigenvalue weighted by Crippen LogP contribution is 2.30. The fourth-order valence-electron chi connectivity index (χ4n) is 2.07. The van der Waals surface area contributed by atoms with E-state index >= 15 is 0 Å². The Bertz CT molecular complexity index is 554. The van der Waals surface area contributed by atoms with Crippen molar-refractivity contribution in [3.05, 3.63) is 34.9 Å². The Morgan fingerprint density at radius 3 is 2.89 bits per heavy atom. The van der Waals surface area contributed by atoms with Gasteiger partial charge in [0.2, 0.25) is 5.60 Å². The van der Waals surface area contributed by atoms with Gasteiger partial charge >= 0.3 is 0 Å². The second-order valence-electron chi connectivity index (χ2n) is 5.26. The van der Waals surface area contributed by atoms with Crippen molar-refractivity contribution < 1.29 is 9.63 Å². The Morgan fingerprint density at radius 2 is 2.21 bits per heavy atom. The number of hydrogen-bond donors (Lipinski definition) is 1. The van der Waals surface area contributed by atoms with Crippen LogP contribution in [0.3, 0.4) is 0 Å². The summed E-state index contributed by atoms with van der Waals surface area (Å²) in [6.07, 6.45) is 2.55. The third-order valence-electron chi connectivity index (χ3n) is 3.44. The van der Waals surface area contributed by atoms with E-state index in [4.69, 9.17) is 16.4 Å². The van der Waals surface area contributed by atoms with Crippen LogP contribution in [0.15, 0.2) is 29.4 Å². The lowest BCUT2D eigenvalue weighted by Crippen LogP contribution is -2.45. The summed E-state index contributed by atoms with van der Waals surface area (Å²) < 4.78 is 0. The highest BCUT2D eigenvalue weighted by atomic mass is 35.5. The lowest BCUT2D eigenvalue weighted by Gasteiger charge is -2.20. The Labute approximate surface area is 116 Å². The number of oxime groups is 1. The lowest BCUT2D eigenvalue weighted by molar-refractivity contribution is -0.141. The van der Waals surface area contributed by atoms with Gasteiger partial charge in [-0.2, -0.15) is 0 Å². The van der Waals surface area contributed by atoms with Crippen LogP contribution in [0.25, 0.3) is 0 Å². The first-order valence-electron chi connectivity index (χ1n) is 6.39. The van der Waals surface area contributed by atoms with Crippen LogP contribution in [-0.2, 0) is 9.63 Å². The van der Waals surface area contributed by atoms with E-state index in [-0.39, 0.29) is 5.91 Å². The predicted octanol–water partition coefficient (Wildman–Crippen LogP) is 2.50. The van der Waals surface area contributed by atoms with Crippen molar-refractivity contribution >= 4 is 23.2 Å². The number of benzene rings is 1. The van der Waals surface area contributed by atoms with Gasteiger partial charge in [-0.25, -0.2) is 0 Å². The number of nitrogens with zero attached hydrogens (tertiary/aromatic N) is 1. The first kappa shape index (κ1) is 12.5. The molecule has 1 atom stereocenters. The summed E-state index contributed by atoms with van der Waals surface area (Å²) in [5.41, 5.74) is 0.628. The quantitative estimate of drug-likeness (QED) is 0.923. The maximum absolute atomic E-state index is 12.1. The fourth-order valence-corrected chi connectivity index (χ4v) is 2.31. The highest BCUT2D eigenvalue weighted by Gasteiger charge is 2.44. The van der Waals surface area contributed by atoms with Crippen LogP contribution in [0.4, 0.5) is 0 Å². The Hall–Kier alpha value is -1.55. The maximum Gasteiger partial charge on any atom is 0.267 e. The highest BCUT2D eigenvalue weighted by molar-refractivity contribution is 6.34. The van der Waals surface area contributed by atoms with Crippen molar-refractivity contribution in [2.24, 2.45) is 5.16 Å². The summed E-state index contributed by atoms with van der Waals surface area (Å²) in [4.78, 5) is 17.5. The van der Waals surface area contributed by atoms with Gasteiger partial charge in [0, 0.05) is 23.0 Å². The van der Waals surface area contributed by atoms with Crippen LogP contribution in [0.5, 0.6) is 0 Å². The van der Waals surface area contributed by atoms with Gasteiger partial charge in [0.05, 0.1) is 5.71 Å². The zero-order chi connectivity index (χ0) is 13.5. The molecule has 0 radical (unpaired) electrons. The SMILES string of the molecule is CC1(C(=O)NC2CC2)CC(c2ccccc2Cl)=NO1. The largest absolute Gasteiger partial charge is 0.379 e. The number of hydrogen-bond acceptors (Lipinski definition) is 3. The summed E-state index contributed by atoms with van der Waals surface area (Å²) in [5, 5.41) is 7.61. The number of halogens is 1. The molecule has 0 bridgehead atoms. The minimum atomic E-state index is -0.920. The molecule has 1 aromatic rings. The summed E-state index contributed by atoms with van der Waals surface area (Å²) in [5.74, 6) is -0.0965. The van der Waals surface area contributed by atoms with E-state index in [0.717, 1.165) is 24.1 Å². The van der Waals surface area contributed by atoms with E-state index in [1.165, 1.54) is 0 Å². The molecule has 100 valence electrons. The molecule has 0 aromatic heterocycles. The fraction of sp³-hybridized carbons (Fsp3) is 0.429. The molecule has 1 fully saturated rings. The summed E-state index contributed by atoms with van der Waals surface area (Å²) in [7, 11) is 0. The molecule has 1 aliphatic carbocycles. The van der Waals surface area contributed by atoms with Crippen LogP contribution >= 0.6 is 11.6 Å². The van der Waals surface area contributed by atoms with Gasteiger partial charge in [-0.05, 0) is 25.8 Å². The van der Waals surface area contributed by atoms with E-state index in [1.807, 2.05) is 18.2 Å². The van der Waals surface area contributed by atoms with Crippen molar-refractivity contribution in [2.45, 2.75) is 37.8 Å². The number of carbonyl (C=O) groups excluding carboxylic acids is 1. The Morgan fingerprint density at radius 1 is 1.47 bits per heavy atom. The van der Waals surface area contributed by atoms with Gasteiger partial charge in [-0.1, -0.05) is 35.0 Å². The third kappa shape index (κ3) is 2.45. The molecule has 4 nitrogen and oxygen atoms in total. The standard InChI is InChI=1S/C14H15ClN2O2/c1-14(13(18)16-9-6-7-9)8-12(17-19-14)10-4-2-3-5-11(10)15/h2-5,9H,6-8H2,1H3,(H,16,18). The average Bonchev–Trinajstić information content (AvgIpc) is 3.11. The summed E-state index contributed by atoms with van der Waals surface area (Å²) >= 11 is 6.13. The minimum Gasteiger partial charge on any atom is -0.379 e. The van der Waals surface area contributed by atoms with E-state index in [0.29, 0.717) is 17.5 Å². The smallest absolute Gasteiger partial charge is 0.267 e. The second-order valence-corrected chi connectivity index (χ2v) is 5.67. The van der Waals surface area contributed by atoms with E-state index in [9.17, 15) is 4.79 Å². The van der Waals surface area contributed by atoms with Crippen molar-refractivity contribution in [1.29, 1.82) is 0 Å². The first-order chi connectivity index (χ1) is 9.08. The predicted molar refractivity (Wildman–Crippen MR) is 73.3 cm³/mol. The Kier molecular flexibility index (Phi) is 2.97. The zero-order valence-electron chi connectivity index (χ0n) is 10.6. The van der Waals surface area contributed by atoms with Crippen molar-refractivity contribution in [1.82, 2.24) is 5.32 Å². The molecule has 2 aliphatic rings. The van der Waals surface area contributed by atoms with Crippen molar-refractivity contribution in [2.75, 3.05) is 0 Å². The topological polar surface area (TPSA) is 50.7 Å². The molecule has 1 N–H and O–H groups in total. The maximum atomic E-state index is 12.1. The normalized spacial score (nSPS) is 25.7. The third-order valence-corrected chi connectivity index (χ3v) is 3.77. The molecule has 5 heteroatoms. The molecule has 19 heavy (non-hydrogen) atoms. The molecule has 1 amide bonds. The van der Waals surface area contributed by atoms with E-state index < -0.39 is 5.60 Å². The van der Waals surface area contributed by atoms with Crippen LogP contribution in [-0.4, -0.2) is 23.3 Å². The van der Waals surface area contributed by atoms with Crippen molar-refractivity contribution in [3.8, 4) is 0 Å². The first-order valence-corrected chi connectivity index (χ1v) is 6.77. The molecule has 1 saturated carbocycles. The molecule has 1 aromatic carbocycles. The number of rotatable bonds is 3. The molecule has 1 aliphatic heterocycles. The van der Waals surface area contributed by atoms with Crippen LogP contribution in [0.1, 0.15) is 31.7 Å². The molecular weight excluding hydrogens is 264 g/mol. The second kappa shape index (κ2) is 4.53. The van der Waals surface area contributed by atoms with Crippen LogP contribution < -0.4 is 5.32 Å². The Balaban J connectivity index is 1.74. The lowest BCUT2D eigenvalue weighted by atomic mass is 9.95. The zero-order valence-corrected chi connectivity index (χ0v) is 11.4. The van der Waals surface area contributed by atoms with Gasteiger partial charge in [0.15, 0.2) is 0 Å². The average molecular weight is 279 g/mol. The van der Waals surface area contributed by atoms with Gasteiger partial charge in [0.25, 0.3) is 5.91 Å². The van der Waals surface area contributed by atoms with Crippen LogP contribution in [0, 0.1) is 0 Å². The van der Waals surface area contributed by atoms with E-state index in [2.05, 4.69) is 10.5 Å². The monoisotopic (exact) mass is 278 g/mol. The van der Waals surface area contributed by atoms with Gasteiger partial charge < -0.3 is 10.2 Å². The summed E-state index contributed by atoms with van der Waals surface area (Å²) in [6.45, 7) is 1.76. The van der Waals surface area contributed by atoms with Crippen molar-refractivity contribution in [3.63, 3.8) is 0 Å². The van der Waals surface area contributed by atoms with Gasteiger partial charge in [-0.15, -0.1) is 0 Å². The molecule has 0 spiro atoms. The van der Waals surface area contributed by atoms with Gasteiger partial charge in [-0.3, -0.25) is 4.79 Å². The molecular formula is C14H15ClN2O2. The van der Waals surface area contributed by atoms with Crippen LogP contribution in [0.2, 0.25) is 5.02 Å². The number of carbonyl (C=O) groups is 1. The molecule has 1 heterocycles.